The lowest BCUT2D eigenvalue weighted by Gasteiger charge is -2.16. The molecule has 33 heavy (non-hydrogen) atoms. The van der Waals surface area contributed by atoms with E-state index in [1.807, 2.05) is 5.32 Å². The number of methoxy groups -OCH3 is 1. The number of carbonyl (C=O) groups excluding carboxylic acids is 2. The van der Waals surface area contributed by atoms with Crippen LogP contribution in [0.2, 0.25) is 0 Å². The number of pyridine rings is 2. The lowest BCUT2D eigenvalue weighted by Crippen LogP contribution is -2.21. The highest BCUT2D eigenvalue weighted by Crippen LogP contribution is 2.36. The Labute approximate surface area is 189 Å². The van der Waals surface area contributed by atoms with Gasteiger partial charge in [-0.2, -0.15) is 18.3 Å². The highest BCUT2D eigenvalue weighted by atomic mass is 19.4. The Morgan fingerprint density at radius 3 is 2.73 bits per heavy atom. The van der Waals surface area contributed by atoms with Crippen LogP contribution in [0, 0.1) is 5.92 Å². The zero-order valence-electron chi connectivity index (χ0n) is 20.2. The van der Waals surface area contributed by atoms with Crippen molar-refractivity contribution in [3.8, 4) is 5.75 Å². The van der Waals surface area contributed by atoms with Gasteiger partial charge in [-0.3, -0.25) is 14.3 Å². The van der Waals surface area contributed by atoms with Crippen molar-refractivity contribution in [1.82, 2.24) is 25.1 Å². The number of anilines is 3. The van der Waals surface area contributed by atoms with E-state index in [2.05, 4.69) is 25.7 Å². The highest BCUT2D eigenvalue weighted by molar-refractivity contribution is 6.02. The van der Waals surface area contributed by atoms with Crippen LogP contribution in [-0.2, 0) is 11.3 Å². The van der Waals surface area contributed by atoms with E-state index in [0.717, 1.165) is 19.0 Å². The van der Waals surface area contributed by atoms with Crippen LogP contribution in [-0.4, -0.2) is 51.8 Å². The summed E-state index contributed by atoms with van der Waals surface area (Å²) < 4.78 is 67.1. The van der Waals surface area contributed by atoms with Crippen LogP contribution in [0.15, 0.2) is 24.7 Å². The van der Waals surface area contributed by atoms with Gasteiger partial charge < -0.3 is 20.7 Å². The molecule has 0 atom stereocenters. The standard InChI is InChI=1S/C20H20F3N7O3/c1-24-19(32)12-8-25-14(29-18(31)10-3-4-10)5-13(12)28-17-16(33-2)15-11(6-26-17)7-27-30(15)9-20(21,22)23/h5-8,10H,3-4,9H2,1-2H3,(H,24,32)(H2,25,26,28,29,31)/i1D3. The lowest BCUT2D eigenvalue weighted by molar-refractivity contribution is -0.141. The molecule has 13 heteroatoms. The van der Waals surface area contributed by atoms with Crippen molar-refractivity contribution in [3.63, 3.8) is 0 Å². The summed E-state index contributed by atoms with van der Waals surface area (Å²) in [6.07, 6.45) is 0.449. The maximum Gasteiger partial charge on any atom is 0.408 e. The summed E-state index contributed by atoms with van der Waals surface area (Å²) in [6.45, 7) is -4.18. The fourth-order valence-electron chi connectivity index (χ4n) is 3.20. The number of halogens is 3. The Morgan fingerprint density at radius 1 is 1.27 bits per heavy atom. The van der Waals surface area contributed by atoms with Crippen molar-refractivity contribution >= 4 is 40.0 Å². The number of carbonyl (C=O) groups is 2. The second-order valence-corrected chi connectivity index (χ2v) is 7.32. The first kappa shape index (κ1) is 18.7. The Bertz CT molecular complexity index is 1320. The molecule has 10 nitrogen and oxygen atoms in total. The molecule has 0 bridgehead atoms. The molecule has 1 aliphatic carbocycles. The summed E-state index contributed by atoms with van der Waals surface area (Å²) in [6, 6.07) is 1.28. The number of nitrogens with zero attached hydrogens (tertiary/aromatic N) is 4. The van der Waals surface area contributed by atoms with Crippen molar-refractivity contribution in [3.05, 3.63) is 30.2 Å². The molecule has 0 saturated heterocycles. The molecule has 2 amide bonds. The first-order valence-electron chi connectivity index (χ1n) is 11.2. The molecule has 3 aromatic rings. The molecule has 1 saturated carbocycles. The summed E-state index contributed by atoms with van der Waals surface area (Å²) in [5.74, 6) is -1.52. The third kappa shape index (κ3) is 4.81. The molecule has 1 fully saturated rings. The van der Waals surface area contributed by atoms with Crippen molar-refractivity contribution in [2.24, 2.45) is 5.92 Å². The topological polar surface area (TPSA) is 123 Å². The maximum absolute atomic E-state index is 13.1. The predicted molar refractivity (Wildman–Crippen MR) is 112 cm³/mol. The van der Waals surface area contributed by atoms with Gasteiger partial charge >= 0.3 is 6.18 Å². The molecule has 0 aliphatic heterocycles. The highest BCUT2D eigenvalue weighted by Gasteiger charge is 2.31. The molecule has 1 aliphatic rings. The molecule has 174 valence electrons. The molecule has 0 aromatic carbocycles. The van der Waals surface area contributed by atoms with Crippen LogP contribution in [0.4, 0.5) is 30.5 Å². The Hall–Kier alpha value is -3.90. The summed E-state index contributed by atoms with van der Waals surface area (Å²) >= 11 is 0. The Kier molecular flexibility index (Phi) is 4.84. The number of alkyl halides is 3. The molecular weight excluding hydrogens is 443 g/mol. The van der Waals surface area contributed by atoms with Crippen molar-refractivity contribution < 1.29 is 31.6 Å². The summed E-state index contributed by atoms with van der Waals surface area (Å²) in [4.78, 5) is 33.0. The number of rotatable bonds is 7. The number of aromatic nitrogens is 4. The number of hydrogen-bond donors (Lipinski definition) is 3. The molecule has 3 aromatic heterocycles. The zero-order valence-corrected chi connectivity index (χ0v) is 17.2. The van der Waals surface area contributed by atoms with Gasteiger partial charge in [0.15, 0.2) is 11.6 Å². The average molecular weight is 466 g/mol. The molecule has 3 N–H and O–H groups in total. The van der Waals surface area contributed by atoms with Crippen molar-refractivity contribution in [1.29, 1.82) is 0 Å². The van der Waals surface area contributed by atoms with Gasteiger partial charge in [-0.15, -0.1) is 0 Å². The van der Waals surface area contributed by atoms with Gasteiger partial charge in [0.25, 0.3) is 5.91 Å². The molecule has 0 radical (unpaired) electrons. The largest absolute Gasteiger partial charge is 0.491 e. The van der Waals surface area contributed by atoms with Gasteiger partial charge in [-0.25, -0.2) is 9.97 Å². The van der Waals surface area contributed by atoms with Crippen molar-refractivity contribution in [2.45, 2.75) is 25.6 Å². The first-order chi connectivity index (χ1) is 16.8. The van der Waals surface area contributed by atoms with Gasteiger partial charge in [-0.1, -0.05) is 0 Å². The van der Waals surface area contributed by atoms with E-state index in [1.54, 1.807) is 0 Å². The SMILES string of the molecule is [2H]C([2H])([2H])NC(=O)c1cnc(NC(=O)C2CC2)cc1Nc1ncc2cnn(CC(F)(F)F)c2c1OC. The molecule has 3 heterocycles. The summed E-state index contributed by atoms with van der Waals surface area (Å²) in [5.41, 5.74) is -0.245. The minimum absolute atomic E-state index is 0.00265. The number of ether oxygens (including phenoxy) is 1. The van der Waals surface area contributed by atoms with Crippen molar-refractivity contribution in [2.75, 3.05) is 24.7 Å². The second-order valence-electron chi connectivity index (χ2n) is 7.32. The van der Waals surface area contributed by atoms with Crippen LogP contribution in [0.1, 0.15) is 27.3 Å². The second kappa shape index (κ2) is 8.56. The Balaban J connectivity index is 1.75. The van der Waals surface area contributed by atoms with Crippen LogP contribution in [0.3, 0.4) is 0 Å². The monoisotopic (exact) mass is 466 g/mol. The third-order valence-electron chi connectivity index (χ3n) is 4.88. The number of nitrogens with one attached hydrogen (secondary N) is 3. The van der Waals surface area contributed by atoms with Gasteiger partial charge in [0, 0.05) is 40.9 Å². The third-order valence-corrected chi connectivity index (χ3v) is 4.88. The predicted octanol–water partition coefficient (Wildman–Crippen LogP) is 2.85. The fourth-order valence-corrected chi connectivity index (χ4v) is 3.20. The zero-order chi connectivity index (χ0) is 26.3. The van der Waals surface area contributed by atoms with Crippen LogP contribution < -0.4 is 20.7 Å². The first-order valence-corrected chi connectivity index (χ1v) is 9.70. The van der Waals surface area contributed by atoms with Gasteiger partial charge in [0.1, 0.15) is 17.9 Å². The van der Waals surface area contributed by atoms with E-state index in [1.165, 1.54) is 25.6 Å². The number of fused-ring (bicyclic) bond motifs is 1. The molecule has 0 unspecified atom stereocenters. The normalized spacial score (nSPS) is 15.3. The van der Waals surface area contributed by atoms with Crippen LogP contribution in [0.5, 0.6) is 5.75 Å². The van der Waals surface area contributed by atoms with Gasteiger partial charge in [0.2, 0.25) is 5.91 Å². The van der Waals surface area contributed by atoms with E-state index in [9.17, 15) is 22.8 Å². The van der Waals surface area contributed by atoms with E-state index in [-0.39, 0.29) is 51.4 Å². The fraction of sp³-hybridized carbons (Fsp3) is 0.350. The minimum Gasteiger partial charge on any atom is -0.491 e. The quantitative estimate of drug-likeness (QED) is 0.489. The van der Waals surface area contributed by atoms with Gasteiger partial charge in [0.05, 0.1) is 24.6 Å². The summed E-state index contributed by atoms with van der Waals surface area (Å²) in [7, 11) is 1.22. The molecule has 4 rings (SSSR count). The van der Waals surface area contributed by atoms with E-state index in [0.29, 0.717) is 4.68 Å². The van der Waals surface area contributed by atoms with Crippen LogP contribution >= 0.6 is 0 Å². The lowest BCUT2D eigenvalue weighted by atomic mass is 10.2. The van der Waals surface area contributed by atoms with E-state index < -0.39 is 25.6 Å². The minimum atomic E-state index is -4.55. The summed E-state index contributed by atoms with van der Waals surface area (Å²) in [5, 5.41) is 11.3. The van der Waals surface area contributed by atoms with E-state index in [4.69, 9.17) is 8.85 Å². The van der Waals surface area contributed by atoms with Gasteiger partial charge in [-0.05, 0) is 12.8 Å². The number of amides is 2. The Morgan fingerprint density at radius 2 is 2.06 bits per heavy atom. The average Bonchev–Trinajstić information content (AvgIpc) is 3.54. The maximum atomic E-state index is 13.1. The number of hydrogen-bond acceptors (Lipinski definition) is 7. The van der Waals surface area contributed by atoms with Crippen LogP contribution in [0.25, 0.3) is 10.9 Å². The smallest absolute Gasteiger partial charge is 0.408 e. The molecular formula is C20H20F3N7O3. The molecule has 0 spiro atoms. The van der Waals surface area contributed by atoms with E-state index >= 15 is 0 Å².